The van der Waals surface area contributed by atoms with Crippen LogP contribution in [0.4, 0.5) is 10.6 Å². The van der Waals surface area contributed by atoms with Crippen molar-refractivity contribution in [3.8, 4) is 0 Å². The van der Waals surface area contributed by atoms with E-state index in [1.807, 2.05) is 13.8 Å². The number of anilines is 1. The number of carbonyl (C=O) groups is 1. The Bertz CT molecular complexity index is 454. The molecule has 0 unspecified atom stereocenters. The van der Waals surface area contributed by atoms with Gasteiger partial charge in [0.2, 0.25) is 0 Å². The lowest BCUT2D eigenvalue weighted by atomic mass is 10.1. The van der Waals surface area contributed by atoms with Gasteiger partial charge in [-0.1, -0.05) is 0 Å². The molecule has 1 aliphatic rings. The molecule has 2 rings (SSSR count). The van der Waals surface area contributed by atoms with Crippen LogP contribution in [-0.4, -0.2) is 47.1 Å². The molecule has 2 N–H and O–H groups in total. The predicted molar refractivity (Wildman–Crippen MR) is 74.2 cm³/mol. The van der Waals surface area contributed by atoms with Gasteiger partial charge in [0.05, 0.1) is 17.6 Å². The molecular weight excluding hydrogens is 242 g/mol. The molecule has 1 aromatic heterocycles. The number of aromatic nitrogens is 2. The number of rotatable bonds is 2. The van der Waals surface area contributed by atoms with Crippen LogP contribution >= 0.6 is 0 Å². The highest BCUT2D eigenvalue weighted by Gasteiger charge is 2.18. The van der Waals surface area contributed by atoms with Gasteiger partial charge in [0.1, 0.15) is 0 Å². The van der Waals surface area contributed by atoms with Gasteiger partial charge < -0.3 is 10.2 Å². The molecule has 104 valence electrons. The second-order valence-corrected chi connectivity index (χ2v) is 5.12. The van der Waals surface area contributed by atoms with Crippen molar-refractivity contribution in [3.63, 3.8) is 0 Å². The normalized spacial score (nSPS) is 17.2. The van der Waals surface area contributed by atoms with E-state index in [-0.39, 0.29) is 12.1 Å². The van der Waals surface area contributed by atoms with Gasteiger partial charge in [-0.05, 0) is 46.8 Å². The van der Waals surface area contributed by atoms with Crippen LogP contribution < -0.4 is 10.6 Å². The van der Waals surface area contributed by atoms with E-state index < -0.39 is 0 Å². The van der Waals surface area contributed by atoms with E-state index in [4.69, 9.17) is 0 Å². The SMILES string of the molecule is Cc1cnc(NC(=O)NC2CCN(C)CC2)c(C)n1. The maximum Gasteiger partial charge on any atom is 0.320 e. The van der Waals surface area contributed by atoms with Crippen molar-refractivity contribution in [2.24, 2.45) is 0 Å². The van der Waals surface area contributed by atoms with Gasteiger partial charge in [0, 0.05) is 6.04 Å². The van der Waals surface area contributed by atoms with Crippen LogP contribution in [0.25, 0.3) is 0 Å². The molecule has 6 nitrogen and oxygen atoms in total. The largest absolute Gasteiger partial charge is 0.335 e. The number of nitrogens with zero attached hydrogens (tertiary/aromatic N) is 3. The molecule has 6 heteroatoms. The molecule has 0 aliphatic carbocycles. The standard InChI is InChI=1S/C13H21N5O/c1-9-8-14-12(10(2)15-9)17-13(19)16-11-4-6-18(3)7-5-11/h8,11H,4-7H2,1-3H3,(H2,14,16,17,19). The first-order valence-electron chi connectivity index (χ1n) is 6.61. The zero-order valence-electron chi connectivity index (χ0n) is 11.7. The quantitative estimate of drug-likeness (QED) is 0.844. The van der Waals surface area contributed by atoms with Crippen molar-refractivity contribution in [3.05, 3.63) is 17.6 Å². The first-order chi connectivity index (χ1) is 9.04. The molecule has 1 saturated heterocycles. The summed E-state index contributed by atoms with van der Waals surface area (Å²) < 4.78 is 0. The Balaban J connectivity index is 1.87. The van der Waals surface area contributed by atoms with Crippen LogP contribution in [0.3, 0.4) is 0 Å². The highest BCUT2D eigenvalue weighted by molar-refractivity contribution is 5.88. The number of likely N-dealkylation sites (tertiary alicyclic amines) is 1. The van der Waals surface area contributed by atoms with E-state index in [1.165, 1.54) is 0 Å². The van der Waals surface area contributed by atoms with Crippen LogP contribution in [0.2, 0.25) is 0 Å². The number of carbonyl (C=O) groups excluding carboxylic acids is 1. The maximum atomic E-state index is 11.9. The van der Waals surface area contributed by atoms with Crippen LogP contribution in [0.1, 0.15) is 24.2 Å². The van der Waals surface area contributed by atoms with Crippen LogP contribution in [0, 0.1) is 13.8 Å². The molecule has 1 fully saturated rings. The van der Waals surface area contributed by atoms with E-state index >= 15 is 0 Å². The molecule has 1 aliphatic heterocycles. The molecule has 0 spiro atoms. The van der Waals surface area contributed by atoms with E-state index in [9.17, 15) is 4.79 Å². The summed E-state index contributed by atoms with van der Waals surface area (Å²) in [7, 11) is 2.10. The number of hydrogen-bond donors (Lipinski definition) is 2. The van der Waals surface area contributed by atoms with Gasteiger partial charge >= 0.3 is 6.03 Å². The summed E-state index contributed by atoms with van der Waals surface area (Å²) in [5.74, 6) is 0.524. The summed E-state index contributed by atoms with van der Waals surface area (Å²) in [6.45, 7) is 5.76. The van der Waals surface area contributed by atoms with Crippen LogP contribution in [0.5, 0.6) is 0 Å². The first kappa shape index (κ1) is 13.7. The molecule has 0 saturated carbocycles. The zero-order valence-corrected chi connectivity index (χ0v) is 11.7. The van der Waals surface area contributed by atoms with E-state index in [0.29, 0.717) is 5.82 Å². The number of aryl methyl sites for hydroxylation is 2. The molecule has 1 aromatic rings. The van der Waals surface area contributed by atoms with Crippen molar-refractivity contribution in [2.75, 3.05) is 25.5 Å². The lowest BCUT2D eigenvalue weighted by Gasteiger charge is -2.29. The smallest absolute Gasteiger partial charge is 0.320 e. The van der Waals surface area contributed by atoms with Gasteiger partial charge in [-0.15, -0.1) is 0 Å². The summed E-state index contributed by atoms with van der Waals surface area (Å²) in [4.78, 5) is 22.6. The summed E-state index contributed by atoms with van der Waals surface area (Å²) in [6, 6.07) is 0.0470. The number of urea groups is 1. The topological polar surface area (TPSA) is 70.2 Å². The van der Waals surface area contributed by atoms with Crippen molar-refractivity contribution in [1.29, 1.82) is 0 Å². The minimum atomic E-state index is -0.198. The minimum Gasteiger partial charge on any atom is -0.335 e. The fraction of sp³-hybridized carbons (Fsp3) is 0.615. The fourth-order valence-electron chi connectivity index (χ4n) is 2.20. The Morgan fingerprint density at radius 2 is 2.05 bits per heavy atom. The summed E-state index contributed by atoms with van der Waals surface area (Å²) in [5, 5.41) is 5.74. The predicted octanol–water partition coefficient (Wildman–Crippen LogP) is 1.31. The summed E-state index contributed by atoms with van der Waals surface area (Å²) in [6.07, 6.45) is 3.63. The molecule has 0 radical (unpaired) electrons. The number of nitrogens with one attached hydrogen (secondary N) is 2. The Kier molecular flexibility index (Phi) is 4.31. The highest BCUT2D eigenvalue weighted by Crippen LogP contribution is 2.10. The number of piperidine rings is 1. The van der Waals surface area contributed by atoms with Crippen molar-refractivity contribution in [2.45, 2.75) is 32.7 Å². The zero-order chi connectivity index (χ0) is 13.8. The van der Waals surface area contributed by atoms with E-state index in [1.54, 1.807) is 6.20 Å². The molecule has 0 atom stereocenters. The lowest BCUT2D eigenvalue weighted by Crippen LogP contribution is -2.45. The Morgan fingerprint density at radius 3 is 2.68 bits per heavy atom. The molecule has 0 bridgehead atoms. The van der Waals surface area contributed by atoms with Gasteiger partial charge in [-0.2, -0.15) is 0 Å². The van der Waals surface area contributed by atoms with Gasteiger partial charge in [0.15, 0.2) is 5.82 Å². The number of amides is 2. The Hall–Kier alpha value is -1.69. The monoisotopic (exact) mass is 263 g/mol. The van der Waals surface area contributed by atoms with Gasteiger partial charge in [0.25, 0.3) is 0 Å². The third-order valence-corrected chi connectivity index (χ3v) is 3.35. The second kappa shape index (κ2) is 5.97. The Morgan fingerprint density at radius 1 is 1.37 bits per heavy atom. The lowest BCUT2D eigenvalue weighted by molar-refractivity contribution is 0.221. The minimum absolute atomic E-state index is 0.198. The van der Waals surface area contributed by atoms with Crippen LogP contribution in [0.15, 0.2) is 6.20 Å². The summed E-state index contributed by atoms with van der Waals surface area (Å²) >= 11 is 0. The van der Waals surface area contributed by atoms with E-state index in [0.717, 1.165) is 37.3 Å². The fourth-order valence-corrected chi connectivity index (χ4v) is 2.20. The van der Waals surface area contributed by atoms with Gasteiger partial charge in [-0.3, -0.25) is 10.3 Å². The average molecular weight is 263 g/mol. The number of hydrogen-bond acceptors (Lipinski definition) is 4. The molecule has 19 heavy (non-hydrogen) atoms. The third-order valence-electron chi connectivity index (χ3n) is 3.35. The summed E-state index contributed by atoms with van der Waals surface area (Å²) in [5.41, 5.74) is 1.58. The molecule has 2 amide bonds. The molecule has 0 aromatic carbocycles. The van der Waals surface area contributed by atoms with Gasteiger partial charge in [-0.25, -0.2) is 9.78 Å². The average Bonchev–Trinajstić information content (AvgIpc) is 2.36. The first-order valence-corrected chi connectivity index (χ1v) is 6.61. The highest BCUT2D eigenvalue weighted by atomic mass is 16.2. The second-order valence-electron chi connectivity index (χ2n) is 5.12. The van der Waals surface area contributed by atoms with Crippen molar-refractivity contribution >= 4 is 11.8 Å². The van der Waals surface area contributed by atoms with E-state index in [2.05, 4.69) is 32.5 Å². The van der Waals surface area contributed by atoms with Crippen molar-refractivity contribution in [1.82, 2.24) is 20.2 Å². The third kappa shape index (κ3) is 3.89. The maximum absolute atomic E-state index is 11.9. The molecular formula is C13H21N5O. The molecule has 2 heterocycles. The van der Waals surface area contributed by atoms with Crippen molar-refractivity contribution < 1.29 is 4.79 Å². The van der Waals surface area contributed by atoms with Crippen LogP contribution in [-0.2, 0) is 0 Å². The Labute approximate surface area is 113 Å².